The zero-order valence-electron chi connectivity index (χ0n) is 10.3. The minimum atomic E-state index is -0.507. The van der Waals surface area contributed by atoms with E-state index in [9.17, 15) is 10.2 Å². The van der Waals surface area contributed by atoms with Crippen LogP contribution in [0.4, 0.5) is 0 Å². The van der Waals surface area contributed by atoms with Crippen molar-refractivity contribution < 1.29 is 10.2 Å². The van der Waals surface area contributed by atoms with E-state index in [1.807, 2.05) is 6.07 Å². The van der Waals surface area contributed by atoms with Gasteiger partial charge in [-0.3, -0.25) is 4.99 Å². The van der Waals surface area contributed by atoms with Crippen molar-refractivity contribution in [2.45, 2.75) is 6.17 Å². The molecule has 98 valence electrons. The number of hydrogen-bond donors (Lipinski definition) is 3. The van der Waals surface area contributed by atoms with Crippen molar-refractivity contribution in [2.24, 2.45) is 9.98 Å². The van der Waals surface area contributed by atoms with Gasteiger partial charge in [0.2, 0.25) is 0 Å². The molecule has 0 radical (unpaired) electrons. The van der Waals surface area contributed by atoms with Crippen LogP contribution in [0.25, 0.3) is 11.0 Å². The number of phenolic OH excluding ortho intramolecular Hbond substituents is 2. The highest BCUT2D eigenvalue weighted by Crippen LogP contribution is 2.31. The van der Waals surface area contributed by atoms with Gasteiger partial charge in [-0.1, -0.05) is 0 Å². The van der Waals surface area contributed by atoms with Gasteiger partial charge in [-0.2, -0.15) is 0 Å². The summed E-state index contributed by atoms with van der Waals surface area (Å²) in [6, 6.07) is 6.32. The Hall–Kier alpha value is -2.89. The Bertz CT molecular complexity index is 945. The summed E-state index contributed by atoms with van der Waals surface area (Å²) in [5.41, 5.74) is 1.32. The number of H-pyrrole nitrogens is 1. The van der Waals surface area contributed by atoms with E-state index in [-0.39, 0.29) is 11.5 Å². The second-order valence-electron chi connectivity index (χ2n) is 4.61. The topological polar surface area (TPSA) is 93.9 Å². The molecule has 0 fully saturated rings. The van der Waals surface area contributed by atoms with Crippen LogP contribution in [-0.4, -0.2) is 20.2 Å². The van der Waals surface area contributed by atoms with Gasteiger partial charge < -0.3 is 15.2 Å². The van der Waals surface area contributed by atoms with Crippen LogP contribution in [0.5, 0.6) is 11.5 Å². The quantitative estimate of drug-likeness (QED) is 0.611. The van der Waals surface area contributed by atoms with Gasteiger partial charge in [-0.25, -0.2) is 9.98 Å². The Kier molecular flexibility index (Phi) is 2.09. The second-order valence-corrected chi connectivity index (χ2v) is 4.61. The molecule has 3 heterocycles. The van der Waals surface area contributed by atoms with Crippen LogP contribution in [-0.2, 0) is 0 Å². The van der Waals surface area contributed by atoms with Gasteiger partial charge in [0, 0.05) is 23.2 Å². The van der Waals surface area contributed by atoms with E-state index >= 15 is 0 Å². The van der Waals surface area contributed by atoms with Crippen LogP contribution in [0.2, 0.25) is 0 Å². The molecule has 0 bridgehead atoms. The fourth-order valence-electron chi connectivity index (χ4n) is 2.39. The van der Waals surface area contributed by atoms with Gasteiger partial charge in [-0.05, 0) is 18.2 Å². The van der Waals surface area contributed by atoms with Crippen molar-refractivity contribution in [1.29, 1.82) is 0 Å². The number of phenols is 2. The summed E-state index contributed by atoms with van der Waals surface area (Å²) in [7, 11) is 0. The average molecular weight is 266 g/mol. The zero-order chi connectivity index (χ0) is 13.7. The molecular formula is C14H10N4O2. The molecule has 0 saturated heterocycles. The lowest BCUT2D eigenvalue weighted by Crippen LogP contribution is -2.22. The fourth-order valence-corrected chi connectivity index (χ4v) is 2.39. The number of fused-ring (bicyclic) bond motifs is 3. The number of benzene rings is 1. The molecule has 4 rings (SSSR count). The van der Waals surface area contributed by atoms with E-state index in [1.165, 1.54) is 12.1 Å². The standard InChI is InChI=1S/C14H10N4O2/c19-7-1-2-8(11(20)5-7)14-17-10-6-16-13-9(3-4-15-13)12(10)18-14/h1-6,14-15,19-20H. The number of rotatable bonds is 1. The van der Waals surface area contributed by atoms with E-state index in [1.54, 1.807) is 18.5 Å². The summed E-state index contributed by atoms with van der Waals surface area (Å²) < 4.78 is 0. The highest BCUT2D eigenvalue weighted by molar-refractivity contribution is 5.74. The first kappa shape index (κ1) is 11.0. The largest absolute Gasteiger partial charge is 0.508 e. The number of nitrogens with one attached hydrogen (secondary N) is 1. The first-order valence-corrected chi connectivity index (χ1v) is 6.12. The van der Waals surface area contributed by atoms with Crippen molar-refractivity contribution in [1.82, 2.24) is 9.97 Å². The highest BCUT2D eigenvalue weighted by atomic mass is 16.3. The van der Waals surface area contributed by atoms with Crippen molar-refractivity contribution in [3.8, 4) is 11.5 Å². The number of nitrogens with zero attached hydrogens (tertiary/aromatic N) is 3. The number of aromatic hydroxyl groups is 2. The monoisotopic (exact) mass is 266 g/mol. The molecule has 1 atom stereocenters. The molecule has 20 heavy (non-hydrogen) atoms. The normalized spacial score (nSPS) is 16.7. The number of hydrogen-bond acceptors (Lipinski definition) is 5. The van der Waals surface area contributed by atoms with Crippen molar-refractivity contribution in [3.63, 3.8) is 0 Å². The molecule has 2 aromatic heterocycles. The SMILES string of the molecule is Oc1ccc(C2N=c3cnc4[nH]ccc4c3=N2)c(O)c1. The Balaban J connectivity index is 1.94. The number of aromatic nitrogens is 2. The molecule has 6 heteroatoms. The first-order chi connectivity index (χ1) is 9.72. The average Bonchev–Trinajstić information content (AvgIpc) is 3.03. The molecular weight excluding hydrogens is 256 g/mol. The van der Waals surface area contributed by atoms with E-state index in [4.69, 9.17) is 0 Å². The van der Waals surface area contributed by atoms with E-state index in [0.717, 1.165) is 16.4 Å². The van der Waals surface area contributed by atoms with Crippen LogP contribution in [0.3, 0.4) is 0 Å². The first-order valence-electron chi connectivity index (χ1n) is 6.12. The highest BCUT2D eigenvalue weighted by Gasteiger charge is 2.18. The summed E-state index contributed by atoms with van der Waals surface area (Å²) in [4.78, 5) is 16.3. The molecule has 1 unspecified atom stereocenters. The predicted molar refractivity (Wildman–Crippen MR) is 70.9 cm³/mol. The van der Waals surface area contributed by atoms with E-state index in [2.05, 4.69) is 20.0 Å². The minimum absolute atomic E-state index is 0.0106. The summed E-state index contributed by atoms with van der Waals surface area (Å²) >= 11 is 0. The fraction of sp³-hybridized carbons (Fsp3) is 0.0714. The molecule has 0 amide bonds. The smallest absolute Gasteiger partial charge is 0.170 e. The van der Waals surface area contributed by atoms with Gasteiger partial charge in [0.25, 0.3) is 0 Å². The number of pyridine rings is 1. The molecule has 6 nitrogen and oxygen atoms in total. The molecule has 0 spiro atoms. The lowest BCUT2D eigenvalue weighted by atomic mass is 10.1. The zero-order valence-corrected chi connectivity index (χ0v) is 10.3. The summed E-state index contributed by atoms with van der Waals surface area (Å²) in [5, 5.41) is 21.6. The summed E-state index contributed by atoms with van der Waals surface area (Å²) in [6.07, 6.45) is 2.96. The third-order valence-electron chi connectivity index (χ3n) is 3.34. The van der Waals surface area contributed by atoms with Crippen LogP contribution in [0.15, 0.2) is 46.6 Å². The van der Waals surface area contributed by atoms with Crippen molar-refractivity contribution in [2.75, 3.05) is 0 Å². The molecule has 0 saturated carbocycles. The lowest BCUT2D eigenvalue weighted by Gasteiger charge is -2.07. The van der Waals surface area contributed by atoms with E-state index < -0.39 is 6.17 Å². The minimum Gasteiger partial charge on any atom is -0.508 e. The maximum Gasteiger partial charge on any atom is 0.170 e. The van der Waals surface area contributed by atoms with Crippen molar-refractivity contribution in [3.05, 3.63) is 52.9 Å². The Morgan fingerprint density at radius 2 is 2.00 bits per heavy atom. The third kappa shape index (κ3) is 1.48. The molecule has 1 aromatic carbocycles. The van der Waals surface area contributed by atoms with Crippen LogP contribution in [0.1, 0.15) is 11.7 Å². The van der Waals surface area contributed by atoms with Gasteiger partial charge in [0.05, 0.1) is 11.6 Å². The number of aromatic amines is 1. The second kappa shape index (κ2) is 3.80. The summed E-state index contributed by atoms with van der Waals surface area (Å²) in [5.74, 6) is -0.00923. The maximum atomic E-state index is 9.90. The molecule has 1 aliphatic rings. The summed E-state index contributed by atoms with van der Waals surface area (Å²) in [6.45, 7) is 0. The Morgan fingerprint density at radius 1 is 1.10 bits per heavy atom. The van der Waals surface area contributed by atoms with Crippen LogP contribution in [0, 0.1) is 0 Å². The van der Waals surface area contributed by atoms with Gasteiger partial charge >= 0.3 is 0 Å². The van der Waals surface area contributed by atoms with Gasteiger partial charge in [0.1, 0.15) is 22.5 Å². The Morgan fingerprint density at radius 3 is 2.85 bits per heavy atom. The van der Waals surface area contributed by atoms with Gasteiger partial charge in [-0.15, -0.1) is 0 Å². The van der Waals surface area contributed by atoms with Gasteiger partial charge in [0.15, 0.2) is 6.17 Å². The Labute approximate surface area is 112 Å². The predicted octanol–water partition coefficient (Wildman–Crippen LogP) is 0.926. The molecule has 3 N–H and O–H groups in total. The third-order valence-corrected chi connectivity index (χ3v) is 3.34. The van der Waals surface area contributed by atoms with Crippen LogP contribution >= 0.6 is 0 Å². The maximum absolute atomic E-state index is 9.90. The molecule has 1 aliphatic heterocycles. The molecule has 0 aliphatic carbocycles. The van der Waals surface area contributed by atoms with E-state index in [0.29, 0.717) is 10.9 Å². The van der Waals surface area contributed by atoms with Crippen LogP contribution < -0.4 is 10.7 Å². The lowest BCUT2D eigenvalue weighted by molar-refractivity contribution is 0.442. The van der Waals surface area contributed by atoms with Crippen molar-refractivity contribution >= 4 is 11.0 Å². The molecule has 3 aromatic rings.